The summed E-state index contributed by atoms with van der Waals surface area (Å²) in [6.07, 6.45) is 10.9. The quantitative estimate of drug-likeness (QED) is 0.0447. The number of rotatable bonds is 16. The number of aryl methyl sites for hydroxylation is 3. The molecule has 8 aromatic carbocycles. The number of H-pyrrole nitrogens is 4. The van der Waals surface area contributed by atoms with Gasteiger partial charge in [-0.05, 0) is 254 Å². The maximum absolute atomic E-state index is 14.1. The third-order valence-electron chi connectivity index (χ3n) is 23.4. The topological polar surface area (TPSA) is 270 Å². The molecule has 8 heterocycles. The fourth-order valence-corrected chi connectivity index (χ4v) is 18.3. The molecule has 8 aromatic heterocycles. The Morgan fingerprint density at radius 2 is 0.774 bits per heavy atom. The van der Waals surface area contributed by atoms with E-state index in [9.17, 15) is 52.5 Å². The Balaban J connectivity index is 0.000000121. The molecule has 115 heavy (non-hydrogen) atoms. The number of aromatic amines is 4. The van der Waals surface area contributed by atoms with Crippen molar-refractivity contribution in [2.24, 2.45) is 11.3 Å². The molecular weight excluding hydrogens is 1460 g/mol. The zero-order chi connectivity index (χ0) is 81.7. The van der Waals surface area contributed by atoms with Gasteiger partial charge in [0.1, 0.15) is 29.3 Å². The molecule has 2 fully saturated rings. The zero-order valence-electron chi connectivity index (χ0n) is 66.4. The van der Waals surface area contributed by atoms with E-state index in [0.717, 1.165) is 158 Å². The number of nitriles is 1. The first-order valence-electron chi connectivity index (χ1n) is 39.1. The van der Waals surface area contributed by atoms with E-state index in [1.807, 2.05) is 73.1 Å². The van der Waals surface area contributed by atoms with Crippen LogP contribution in [0.2, 0.25) is 0 Å². The molecule has 0 amide bonds. The molecule has 588 valence electrons. The predicted molar refractivity (Wildman–Crippen MR) is 443 cm³/mol. The maximum atomic E-state index is 14.1. The lowest BCUT2D eigenvalue weighted by molar-refractivity contribution is -0.155. The van der Waals surface area contributed by atoms with Gasteiger partial charge in [-0.25, -0.2) is 17.6 Å². The van der Waals surface area contributed by atoms with Crippen LogP contribution in [0.5, 0.6) is 0 Å². The number of aliphatic carboxylic acids is 3. The number of nitrogens with one attached hydrogen (secondary N) is 4. The Hall–Kier alpha value is -12.6. The first-order chi connectivity index (χ1) is 54.9. The molecule has 16 aromatic rings. The van der Waals surface area contributed by atoms with Crippen molar-refractivity contribution in [3.8, 4) is 28.8 Å². The Kier molecular flexibility index (Phi) is 20.5. The van der Waals surface area contributed by atoms with Crippen LogP contribution in [0.4, 0.5) is 17.6 Å². The van der Waals surface area contributed by atoms with Crippen LogP contribution >= 0.6 is 0 Å². The number of halogens is 4. The molecule has 0 bridgehead atoms. The number of hydrogen-bond acceptors (Lipinski definition) is 8. The number of carboxylic acids is 3. The van der Waals surface area contributed by atoms with E-state index in [2.05, 4.69) is 140 Å². The largest absolute Gasteiger partial charge is 0.481 e. The highest BCUT2D eigenvalue weighted by molar-refractivity contribution is 6.03. The van der Waals surface area contributed by atoms with Gasteiger partial charge in [0.25, 0.3) is 0 Å². The van der Waals surface area contributed by atoms with E-state index in [4.69, 9.17) is 0 Å². The fourth-order valence-electron chi connectivity index (χ4n) is 18.3. The smallest absolute Gasteiger partial charge is 0.306 e. The Morgan fingerprint density at radius 1 is 0.443 bits per heavy atom. The molecule has 2 unspecified atom stereocenters. The van der Waals surface area contributed by atoms with E-state index in [1.54, 1.807) is 69.7 Å². The number of carboxylic acid groups (broad SMARTS) is 3. The van der Waals surface area contributed by atoms with Gasteiger partial charge in [0.2, 0.25) is 0 Å². The second kappa shape index (κ2) is 30.4. The van der Waals surface area contributed by atoms with Crippen molar-refractivity contribution in [2.75, 3.05) is 0 Å². The minimum absolute atomic E-state index is 0.0439. The fraction of sp³-hybridized carbons (Fsp3) is 0.304. The van der Waals surface area contributed by atoms with Gasteiger partial charge in [-0.1, -0.05) is 69.2 Å². The molecule has 2 saturated carbocycles. The Bertz CT molecular complexity index is 6360. The number of benzene rings is 8. The van der Waals surface area contributed by atoms with Crippen LogP contribution in [0.25, 0.3) is 110 Å². The molecule has 18 rings (SSSR count). The van der Waals surface area contributed by atoms with Crippen LogP contribution in [-0.2, 0) is 14.4 Å². The third kappa shape index (κ3) is 14.1. The Labute approximate surface area is 660 Å². The van der Waals surface area contributed by atoms with Crippen LogP contribution in [0, 0.1) is 66.7 Å². The predicted octanol–water partition coefficient (Wildman–Crippen LogP) is 22.4. The van der Waals surface area contributed by atoms with Crippen LogP contribution < -0.4 is 0 Å². The second-order valence-electron chi connectivity index (χ2n) is 32.9. The maximum Gasteiger partial charge on any atom is 0.306 e. The first kappa shape index (κ1) is 77.7. The van der Waals surface area contributed by atoms with Crippen LogP contribution in [0.3, 0.4) is 0 Å². The van der Waals surface area contributed by atoms with Crippen molar-refractivity contribution in [1.82, 2.24) is 59.1 Å². The molecule has 7 N–H and O–H groups in total. The molecule has 23 heteroatoms. The average Bonchev–Trinajstić information content (AvgIpc) is 1.63. The van der Waals surface area contributed by atoms with Gasteiger partial charge in [-0.15, -0.1) is 0 Å². The van der Waals surface area contributed by atoms with Crippen molar-refractivity contribution in [1.29, 1.82) is 5.26 Å². The molecular formula is C92H91F4N13O6. The highest BCUT2D eigenvalue weighted by Gasteiger charge is 2.56. The van der Waals surface area contributed by atoms with Crippen LogP contribution in [-0.4, -0.2) is 92.3 Å². The van der Waals surface area contributed by atoms with Gasteiger partial charge >= 0.3 is 17.9 Å². The van der Waals surface area contributed by atoms with Crippen LogP contribution in [0.15, 0.2) is 152 Å². The van der Waals surface area contributed by atoms with E-state index in [0.29, 0.717) is 28.2 Å². The van der Waals surface area contributed by atoms with Crippen molar-refractivity contribution >= 4 is 105 Å². The number of fused-ring (bicyclic) bond motifs is 8. The molecule has 0 aliphatic heterocycles. The summed E-state index contributed by atoms with van der Waals surface area (Å²) < 4.78 is 64.0. The van der Waals surface area contributed by atoms with E-state index >= 15 is 0 Å². The SMILES string of the molecule is CC(C)c1c(C#N)c2cc3[nH]ncc3cc2n1-c1ccc(F)cc1.Cc1cc(-n2c(C(C)C)c(C(C)CC(=O)O)c3cc4[nH]ncc4cc32)ccc1F.Cc1cc(-n2c(C(C)C)c(C(C)CC(=O)O)c3cc4[nH]ncc4cc32)ccc1F.Cc1cc(-n2c(C(C)C)c(C3CC4(CC(C(=O)O)C4)C3)c3cc4[nH]ncc4cc32)ccc1F. The number of aromatic nitrogens is 12. The van der Waals surface area contributed by atoms with Crippen molar-refractivity contribution in [2.45, 2.75) is 170 Å². The van der Waals surface area contributed by atoms with Crippen molar-refractivity contribution in [3.63, 3.8) is 0 Å². The van der Waals surface area contributed by atoms with Gasteiger partial charge in [-0.3, -0.25) is 34.8 Å². The summed E-state index contributed by atoms with van der Waals surface area (Å²) in [6, 6.07) is 40.8. The van der Waals surface area contributed by atoms with Gasteiger partial charge < -0.3 is 33.6 Å². The van der Waals surface area contributed by atoms with Gasteiger partial charge in [0.05, 0.1) is 93.2 Å². The van der Waals surface area contributed by atoms with Gasteiger partial charge in [-0.2, -0.15) is 25.7 Å². The minimum Gasteiger partial charge on any atom is -0.481 e. The summed E-state index contributed by atoms with van der Waals surface area (Å²) in [5.74, 6) is -2.66. The monoisotopic (exact) mass is 1550 g/mol. The molecule has 1 spiro atoms. The van der Waals surface area contributed by atoms with Gasteiger partial charge in [0, 0.05) is 88.6 Å². The lowest BCUT2D eigenvalue weighted by atomic mass is 9.47. The lowest BCUT2D eigenvalue weighted by Gasteiger charge is -2.57. The molecule has 2 aliphatic carbocycles. The molecule has 2 aliphatic rings. The summed E-state index contributed by atoms with van der Waals surface area (Å²) in [4.78, 5) is 34.3. The Morgan fingerprint density at radius 3 is 1.12 bits per heavy atom. The average molecular weight is 1550 g/mol. The van der Waals surface area contributed by atoms with Crippen molar-refractivity contribution < 1.29 is 47.3 Å². The third-order valence-corrected chi connectivity index (χ3v) is 23.4. The number of nitrogens with zero attached hydrogens (tertiary/aromatic N) is 9. The standard InChI is InChI=1S/C27H28FN3O2.2C23H24FN3O2.C19H15FN4/c1-14(2)25-24(17-9-27(10-17)11-18(12-27)26(32)33)20-8-22-16(13-29-30-22)7-23(20)31(25)19-4-5-21(28)15(3)6-19;2*1-12(2)23-22(14(4)8-21(28)29)17-10-19-15(11-25-26-19)9-20(17)27(23)16-5-6-18(24)13(3)7-16;1-11(2)19-16(9-21)15-8-17-12(10-22-23-17)7-18(15)24(19)14-5-3-13(20)4-6-14/h4-8,13-14,17-18H,9-12H2,1-3H3,(H,29,30)(H,32,33);2*5-7,9-12,14H,8H2,1-4H3,(H,25,26)(H,28,29);3-8,10-11H,1-2H3,(H,22,23). The molecule has 0 saturated heterocycles. The second-order valence-corrected chi connectivity index (χ2v) is 32.9. The van der Waals surface area contributed by atoms with E-state index < -0.39 is 17.9 Å². The summed E-state index contributed by atoms with van der Waals surface area (Å²) in [5.41, 5.74) is 21.6. The van der Waals surface area contributed by atoms with Crippen molar-refractivity contribution in [3.05, 3.63) is 237 Å². The normalized spacial score (nSPS) is 15.9. The van der Waals surface area contributed by atoms with Gasteiger partial charge in [0.15, 0.2) is 0 Å². The highest BCUT2D eigenvalue weighted by atomic mass is 19.1. The first-order valence-corrected chi connectivity index (χ1v) is 39.1. The highest BCUT2D eigenvalue weighted by Crippen LogP contribution is 2.65. The summed E-state index contributed by atoms with van der Waals surface area (Å²) >= 11 is 0. The zero-order valence-corrected chi connectivity index (χ0v) is 66.4. The number of hydrogen-bond donors (Lipinski definition) is 7. The summed E-state index contributed by atoms with van der Waals surface area (Å²) in [7, 11) is 0. The number of carbonyl (C=O) groups is 3. The molecule has 2 atom stereocenters. The van der Waals surface area contributed by atoms with E-state index in [1.165, 1.54) is 40.9 Å². The minimum atomic E-state index is -0.826. The lowest BCUT2D eigenvalue weighted by Crippen LogP contribution is -2.49. The summed E-state index contributed by atoms with van der Waals surface area (Å²) in [6.45, 7) is 26.2. The summed E-state index contributed by atoms with van der Waals surface area (Å²) in [5, 5.41) is 74.6. The van der Waals surface area contributed by atoms with Crippen LogP contribution in [0.1, 0.15) is 211 Å². The molecule has 19 nitrogen and oxygen atoms in total. The molecule has 0 radical (unpaired) electrons. The van der Waals surface area contributed by atoms with E-state index in [-0.39, 0.29) is 83.0 Å².